The molecule has 4 N–H and O–H groups in total. The zero-order valence-electron chi connectivity index (χ0n) is 24.1. The molecule has 230 valence electrons. The van der Waals surface area contributed by atoms with Crippen molar-refractivity contribution >= 4 is 17.7 Å². The third-order valence-electron chi connectivity index (χ3n) is 6.59. The van der Waals surface area contributed by atoms with Crippen LogP contribution in [0, 0.1) is 11.7 Å². The van der Waals surface area contributed by atoms with Crippen molar-refractivity contribution < 1.29 is 81.5 Å². The van der Waals surface area contributed by atoms with Crippen molar-refractivity contribution in [2.75, 3.05) is 11.6 Å². The number of aliphatic hydroxyl groups is 2. The van der Waals surface area contributed by atoms with E-state index in [4.69, 9.17) is 10.5 Å². The molecule has 2 aromatic carbocycles. The molecule has 3 rings (SSSR count). The second-order valence-electron chi connectivity index (χ2n) is 10.2. The second kappa shape index (κ2) is 14.7. The second-order valence-corrected chi connectivity index (χ2v) is 10.2. The average Bonchev–Trinajstić information content (AvgIpc) is 3.11. The zero-order valence-corrected chi connectivity index (χ0v) is 26.1. The van der Waals surface area contributed by atoms with Crippen molar-refractivity contribution in [3.05, 3.63) is 71.2 Å². The number of allylic oxidation sites excluding steroid dienone is 1. The molecule has 3 atom stereocenters. The van der Waals surface area contributed by atoms with Gasteiger partial charge >= 0.3 is 42.0 Å². The summed E-state index contributed by atoms with van der Waals surface area (Å²) in [5.41, 5.74) is 5.70. The number of ether oxygens (including phenoxy) is 2. The van der Waals surface area contributed by atoms with Crippen LogP contribution >= 0.6 is 0 Å². The van der Waals surface area contributed by atoms with Gasteiger partial charge in [-0.3, -0.25) is 0 Å². The van der Waals surface area contributed by atoms with Gasteiger partial charge in [-0.05, 0) is 54.8 Å². The maximum atomic E-state index is 13.9. The Bertz CT molecular complexity index is 1290. The number of benzene rings is 2. The monoisotopic (exact) mass is 621 g/mol. The number of aliphatic carboxylic acids is 1. The van der Waals surface area contributed by atoms with E-state index in [1.54, 1.807) is 6.92 Å². The molecule has 1 unspecified atom stereocenters. The third-order valence-corrected chi connectivity index (χ3v) is 6.59. The summed E-state index contributed by atoms with van der Waals surface area (Å²) in [5, 5.41) is 34.0. The number of aliphatic hydroxyl groups excluding tert-OH is 2. The fourth-order valence-electron chi connectivity index (χ4n) is 5.20. The van der Waals surface area contributed by atoms with Gasteiger partial charge in [-0.15, -0.1) is 13.2 Å². The Morgan fingerprint density at radius 3 is 2.12 bits per heavy atom. The Labute approximate surface area is 267 Å². The molecule has 0 aliphatic carbocycles. The number of alkyl halides is 3. The smallest absolute Gasteiger partial charge is 0.550 e. The molecule has 0 radical (unpaired) electrons. The molecule has 0 aromatic heterocycles. The van der Waals surface area contributed by atoms with Gasteiger partial charge in [-0.25, -0.2) is 19.2 Å². The third kappa shape index (κ3) is 9.06. The summed E-state index contributed by atoms with van der Waals surface area (Å²) in [4.78, 5) is 23.7. The molecule has 0 bridgehead atoms. The maximum Gasteiger partial charge on any atom is 1.00 e. The van der Waals surface area contributed by atoms with Gasteiger partial charge in [0.1, 0.15) is 11.6 Å². The van der Waals surface area contributed by atoms with E-state index < -0.39 is 60.9 Å². The summed E-state index contributed by atoms with van der Waals surface area (Å²) in [6.45, 7) is 4.75. The van der Waals surface area contributed by atoms with Crippen molar-refractivity contribution in [3.63, 3.8) is 0 Å². The molecule has 0 spiro atoms. The zero-order chi connectivity index (χ0) is 31.4. The SMILES string of the molecule is CC1=C(C(C)C)C(Cc2ccc(OC(F)(F)F)cc2)(OC[C@@H](O)C[C@@H](O)CC(=O)[O-])N(c2ccc(F)cc2)N1C(N)=O.[Na+]. The van der Waals surface area contributed by atoms with E-state index in [-0.39, 0.29) is 54.0 Å². The summed E-state index contributed by atoms with van der Waals surface area (Å²) in [6, 6.07) is 9.09. The quantitative estimate of drug-likeness (QED) is 0.221. The summed E-state index contributed by atoms with van der Waals surface area (Å²) >= 11 is 0. The van der Waals surface area contributed by atoms with Crippen molar-refractivity contribution in [1.82, 2.24) is 5.01 Å². The Kier molecular flexibility index (Phi) is 12.4. The van der Waals surface area contributed by atoms with E-state index in [1.807, 2.05) is 13.8 Å². The van der Waals surface area contributed by atoms with E-state index in [1.165, 1.54) is 29.3 Å². The Morgan fingerprint density at radius 2 is 1.63 bits per heavy atom. The summed E-state index contributed by atoms with van der Waals surface area (Å²) < 4.78 is 62.4. The predicted octanol–water partition coefficient (Wildman–Crippen LogP) is -0.0185. The van der Waals surface area contributed by atoms with Crippen molar-refractivity contribution in [1.29, 1.82) is 0 Å². The van der Waals surface area contributed by atoms with E-state index in [0.717, 1.165) is 29.3 Å². The first-order valence-corrected chi connectivity index (χ1v) is 12.9. The topological polar surface area (TPSA) is 149 Å². The number of hydrogen-bond donors (Lipinski definition) is 3. The number of carboxylic acids is 1. The van der Waals surface area contributed by atoms with Gasteiger partial charge < -0.3 is 35.3 Å². The number of hydrazine groups is 1. The number of nitrogens with two attached hydrogens (primary N) is 1. The molecule has 1 heterocycles. The van der Waals surface area contributed by atoms with Crippen LogP contribution in [0.4, 0.5) is 28.0 Å². The van der Waals surface area contributed by atoms with Crippen LogP contribution in [0.2, 0.25) is 0 Å². The normalized spacial score (nSPS) is 18.5. The van der Waals surface area contributed by atoms with Crippen LogP contribution in [0.3, 0.4) is 0 Å². The van der Waals surface area contributed by atoms with E-state index >= 15 is 0 Å². The number of anilines is 1. The van der Waals surface area contributed by atoms with Gasteiger partial charge in [0, 0.05) is 36.5 Å². The molecule has 1 aliphatic rings. The number of rotatable bonds is 12. The van der Waals surface area contributed by atoms with Crippen molar-refractivity contribution in [3.8, 4) is 5.75 Å². The molecule has 1 aliphatic heterocycles. The van der Waals surface area contributed by atoms with Gasteiger partial charge in [-0.1, -0.05) is 26.0 Å². The first-order chi connectivity index (χ1) is 19.5. The van der Waals surface area contributed by atoms with Crippen LogP contribution in [-0.2, 0) is 16.0 Å². The number of carbonyl (C=O) groups is 2. The predicted molar refractivity (Wildman–Crippen MR) is 140 cm³/mol. The summed E-state index contributed by atoms with van der Waals surface area (Å²) in [6.07, 6.45) is -8.94. The average molecular weight is 622 g/mol. The number of urea groups is 1. The minimum absolute atomic E-state index is 0. The molecule has 15 heteroatoms. The summed E-state index contributed by atoms with van der Waals surface area (Å²) in [7, 11) is 0. The first-order valence-electron chi connectivity index (χ1n) is 12.9. The fourth-order valence-corrected chi connectivity index (χ4v) is 5.20. The van der Waals surface area contributed by atoms with Gasteiger partial charge in [0.15, 0.2) is 5.72 Å². The van der Waals surface area contributed by atoms with Gasteiger partial charge in [0.2, 0.25) is 0 Å². The number of carbonyl (C=O) groups excluding carboxylic acids is 2. The van der Waals surface area contributed by atoms with Crippen LogP contribution < -0.4 is 50.1 Å². The molecule has 0 saturated carbocycles. The number of halogens is 4. The van der Waals surface area contributed by atoms with Gasteiger partial charge in [0.25, 0.3) is 0 Å². The Balaban J connectivity index is 0.00000645. The Morgan fingerprint density at radius 1 is 1.05 bits per heavy atom. The fraction of sp³-hybridized carbons (Fsp3) is 0.429. The maximum absolute atomic E-state index is 13.9. The minimum Gasteiger partial charge on any atom is -0.550 e. The molecule has 2 amide bonds. The van der Waals surface area contributed by atoms with Crippen LogP contribution in [0.5, 0.6) is 5.75 Å². The largest absolute Gasteiger partial charge is 1.00 e. The van der Waals surface area contributed by atoms with Crippen LogP contribution in [0.15, 0.2) is 59.8 Å². The number of amides is 2. The van der Waals surface area contributed by atoms with Crippen molar-refractivity contribution in [2.24, 2.45) is 11.7 Å². The van der Waals surface area contributed by atoms with Gasteiger partial charge in [-0.2, -0.15) is 0 Å². The molecule has 0 fully saturated rings. The van der Waals surface area contributed by atoms with Gasteiger partial charge in [0.05, 0.1) is 24.5 Å². The molecular formula is C28H32F4N3NaO7. The van der Waals surface area contributed by atoms with E-state index in [2.05, 4.69) is 4.74 Å². The van der Waals surface area contributed by atoms with Crippen LogP contribution in [0.1, 0.15) is 39.2 Å². The minimum atomic E-state index is -4.90. The molecular weight excluding hydrogens is 589 g/mol. The number of hydrogen-bond acceptors (Lipinski definition) is 8. The number of carboxylic acid groups (broad SMARTS) is 1. The molecule has 43 heavy (non-hydrogen) atoms. The molecule has 10 nitrogen and oxygen atoms in total. The van der Waals surface area contributed by atoms with E-state index in [9.17, 15) is 42.5 Å². The van der Waals surface area contributed by atoms with Crippen LogP contribution in [-0.4, -0.2) is 58.1 Å². The molecule has 0 saturated heterocycles. The Hall–Kier alpha value is -2.88. The number of primary amides is 1. The first kappa shape index (κ1) is 36.3. The van der Waals surface area contributed by atoms with E-state index in [0.29, 0.717) is 16.8 Å². The summed E-state index contributed by atoms with van der Waals surface area (Å²) in [5.74, 6) is -2.87. The van der Waals surface area contributed by atoms with Crippen molar-refractivity contribution in [2.45, 2.75) is 64.3 Å². The molecule has 2 aromatic rings. The standard InChI is InChI=1S/C28H33F4N3O7.Na/c1-16(2)25-17(3)34(26(33)40)35(20-8-6-19(29)7-9-20)27(25,41-15-22(37)12-21(36)13-24(38)39)14-18-4-10-23(11-5-18)42-28(30,31)32;/h4-11,16,21-22,36-37H,12-15H2,1-3H3,(H2,33,40)(H,38,39);/q;+1/p-1/t21-,22+,27?;/m1./s1. The van der Waals surface area contributed by atoms with Crippen LogP contribution in [0.25, 0.3) is 0 Å². The number of nitrogens with zero attached hydrogens (tertiary/aromatic N) is 2.